The Morgan fingerprint density at radius 2 is 1.90 bits per heavy atom. The van der Waals surface area contributed by atoms with Crippen LogP contribution in [-0.2, 0) is 33.4 Å². The number of hydrogen-bond donors (Lipinski definition) is 1. The van der Waals surface area contributed by atoms with Gasteiger partial charge in [-0.3, -0.25) is 29.4 Å². The summed E-state index contributed by atoms with van der Waals surface area (Å²) < 4.78 is 10.9. The van der Waals surface area contributed by atoms with Crippen molar-refractivity contribution in [3.63, 3.8) is 0 Å². The third-order valence-electron chi connectivity index (χ3n) is 5.25. The molecule has 0 aromatic carbocycles. The van der Waals surface area contributed by atoms with E-state index in [9.17, 15) is 24.0 Å². The van der Waals surface area contributed by atoms with Crippen LogP contribution < -0.4 is 5.32 Å². The van der Waals surface area contributed by atoms with Gasteiger partial charge in [0, 0.05) is 24.0 Å². The molecule has 0 saturated carbocycles. The molecule has 162 valence electrons. The maximum absolute atomic E-state index is 13.2. The van der Waals surface area contributed by atoms with Gasteiger partial charge in [-0.2, -0.15) is 0 Å². The van der Waals surface area contributed by atoms with Crippen molar-refractivity contribution >= 4 is 29.6 Å². The van der Waals surface area contributed by atoms with Gasteiger partial charge in [-0.05, 0) is 50.5 Å². The van der Waals surface area contributed by atoms with Crippen molar-refractivity contribution in [2.45, 2.75) is 51.7 Å². The van der Waals surface area contributed by atoms with Crippen molar-refractivity contribution in [3.05, 3.63) is 46.3 Å². The average molecular weight is 426 g/mol. The molecule has 0 radical (unpaired) electrons. The van der Waals surface area contributed by atoms with Crippen LogP contribution >= 0.6 is 0 Å². The van der Waals surface area contributed by atoms with Crippen LogP contribution in [0.2, 0.25) is 0 Å². The number of imide groups is 2. The summed E-state index contributed by atoms with van der Waals surface area (Å²) in [6, 6.07) is -1.06. The number of esters is 1. The highest BCUT2D eigenvalue weighted by Crippen LogP contribution is 2.41. The number of rotatable bonds is 4. The standard InChI is InChI=1S/C22H22N2O7/c1-22(2,3)31-18(26)10-30-16-9-14-13-8-11(16)4-5-12(13)20(28)24(21(14)29)15-6-7-17(25)23-19(15)27/h4-5,9,15H,6-8,10H2,1-3H3,(H,23,25,27). The average Bonchev–Trinajstić information content (AvgIpc) is 2.67. The van der Waals surface area contributed by atoms with E-state index in [1.807, 2.05) is 0 Å². The minimum absolute atomic E-state index is 0.0442. The zero-order valence-electron chi connectivity index (χ0n) is 17.4. The molecule has 2 heterocycles. The number of ether oxygens (including phenoxy) is 2. The molecule has 9 nitrogen and oxygen atoms in total. The molecule has 2 aliphatic heterocycles. The molecule has 1 unspecified atom stereocenters. The van der Waals surface area contributed by atoms with Crippen LogP contribution in [0, 0.1) is 0 Å². The predicted molar refractivity (Wildman–Crippen MR) is 106 cm³/mol. The highest BCUT2D eigenvalue weighted by molar-refractivity contribution is 6.21. The van der Waals surface area contributed by atoms with Gasteiger partial charge in [-0.1, -0.05) is 6.08 Å². The maximum atomic E-state index is 13.2. The molecule has 0 aromatic rings. The number of fused-ring (bicyclic) bond motifs is 1. The summed E-state index contributed by atoms with van der Waals surface area (Å²) in [6.07, 6.45) is 5.21. The van der Waals surface area contributed by atoms with E-state index in [1.165, 1.54) is 6.08 Å². The van der Waals surface area contributed by atoms with Crippen LogP contribution in [0.1, 0.15) is 40.0 Å². The quantitative estimate of drug-likeness (QED) is 0.525. The fraction of sp³-hybridized carbons (Fsp3) is 0.409. The van der Waals surface area contributed by atoms with Crippen molar-refractivity contribution in [1.82, 2.24) is 10.2 Å². The SMILES string of the molecule is CC(C)(C)OC(=O)COC1=CC2=C3CC1=CC=C3C(=O)N(C1CCC(=O)NC1=O)C2=O. The largest absolute Gasteiger partial charge is 0.482 e. The molecule has 31 heavy (non-hydrogen) atoms. The van der Waals surface area contributed by atoms with Gasteiger partial charge >= 0.3 is 5.97 Å². The van der Waals surface area contributed by atoms with Crippen molar-refractivity contribution in [1.29, 1.82) is 0 Å². The van der Waals surface area contributed by atoms with E-state index in [1.54, 1.807) is 32.9 Å². The number of nitrogens with zero attached hydrogens (tertiary/aromatic N) is 1. The Balaban J connectivity index is 1.60. The number of allylic oxidation sites excluding steroid dienone is 3. The molecule has 2 bridgehead atoms. The molecule has 4 aliphatic rings. The summed E-state index contributed by atoms with van der Waals surface area (Å²) in [5.74, 6) is -2.48. The Morgan fingerprint density at radius 1 is 1.16 bits per heavy atom. The van der Waals surface area contributed by atoms with Gasteiger partial charge in [0.15, 0.2) is 6.61 Å². The fourth-order valence-corrected chi connectivity index (χ4v) is 3.95. The monoisotopic (exact) mass is 426 g/mol. The highest BCUT2D eigenvalue weighted by atomic mass is 16.6. The van der Waals surface area contributed by atoms with Gasteiger partial charge in [0.2, 0.25) is 11.8 Å². The summed E-state index contributed by atoms with van der Waals surface area (Å²) in [5, 5.41) is 2.18. The molecule has 4 rings (SSSR count). The first-order valence-electron chi connectivity index (χ1n) is 9.98. The van der Waals surface area contributed by atoms with Gasteiger partial charge < -0.3 is 9.47 Å². The summed E-state index contributed by atoms with van der Waals surface area (Å²) in [7, 11) is 0. The summed E-state index contributed by atoms with van der Waals surface area (Å²) in [6.45, 7) is 4.92. The Kier molecular flexibility index (Phi) is 4.91. The van der Waals surface area contributed by atoms with E-state index in [0.29, 0.717) is 23.3 Å². The molecule has 0 spiro atoms. The topological polar surface area (TPSA) is 119 Å². The molecule has 9 heteroatoms. The minimum Gasteiger partial charge on any atom is -0.482 e. The highest BCUT2D eigenvalue weighted by Gasteiger charge is 2.46. The first kappa shape index (κ1) is 20.8. The maximum Gasteiger partial charge on any atom is 0.344 e. The lowest BCUT2D eigenvalue weighted by Crippen LogP contribution is -2.58. The Bertz CT molecular complexity index is 1050. The van der Waals surface area contributed by atoms with Gasteiger partial charge in [0.1, 0.15) is 17.4 Å². The second-order valence-electron chi connectivity index (χ2n) is 8.67. The number of piperidine rings is 1. The minimum atomic E-state index is -1.06. The molecule has 1 saturated heterocycles. The molecule has 4 amide bonds. The van der Waals surface area contributed by atoms with Crippen molar-refractivity contribution < 1.29 is 33.4 Å². The van der Waals surface area contributed by atoms with Crippen molar-refractivity contribution in [2.24, 2.45) is 0 Å². The molecular formula is C22H22N2O7. The Morgan fingerprint density at radius 3 is 2.58 bits per heavy atom. The van der Waals surface area contributed by atoms with E-state index in [2.05, 4.69) is 5.32 Å². The molecule has 1 fully saturated rings. The molecular weight excluding hydrogens is 404 g/mol. The van der Waals surface area contributed by atoms with Crippen molar-refractivity contribution in [2.75, 3.05) is 6.61 Å². The zero-order chi connectivity index (χ0) is 22.5. The van der Waals surface area contributed by atoms with Gasteiger partial charge in [0.05, 0.1) is 0 Å². The van der Waals surface area contributed by atoms with Gasteiger partial charge in [-0.15, -0.1) is 0 Å². The third-order valence-corrected chi connectivity index (χ3v) is 5.25. The van der Waals surface area contributed by atoms with Gasteiger partial charge in [0.25, 0.3) is 11.8 Å². The second-order valence-corrected chi connectivity index (χ2v) is 8.67. The predicted octanol–water partition coefficient (Wildman–Crippen LogP) is 0.969. The number of carbonyl (C=O) groups is 5. The lowest BCUT2D eigenvalue weighted by molar-refractivity contribution is -0.158. The van der Waals surface area contributed by atoms with Crippen LogP contribution in [0.4, 0.5) is 0 Å². The van der Waals surface area contributed by atoms with Gasteiger partial charge in [-0.25, -0.2) is 4.79 Å². The molecule has 2 aliphatic carbocycles. The lowest BCUT2D eigenvalue weighted by atomic mass is 9.80. The van der Waals surface area contributed by atoms with E-state index in [4.69, 9.17) is 9.47 Å². The second kappa shape index (κ2) is 7.33. The number of amides is 4. The third kappa shape index (κ3) is 3.83. The molecule has 1 atom stereocenters. The van der Waals surface area contributed by atoms with Crippen LogP contribution in [0.5, 0.6) is 0 Å². The van der Waals surface area contributed by atoms with E-state index in [-0.39, 0.29) is 25.0 Å². The zero-order valence-corrected chi connectivity index (χ0v) is 17.4. The Labute approximate surface area is 178 Å². The summed E-state index contributed by atoms with van der Waals surface area (Å²) in [4.78, 5) is 62.9. The number of hydrogen-bond acceptors (Lipinski definition) is 7. The molecule has 1 N–H and O–H groups in total. The molecule has 0 aromatic heterocycles. The van der Waals surface area contributed by atoms with Crippen LogP contribution in [0.3, 0.4) is 0 Å². The van der Waals surface area contributed by atoms with E-state index < -0.39 is 41.2 Å². The number of nitrogens with one attached hydrogen (secondary N) is 1. The lowest BCUT2D eigenvalue weighted by Gasteiger charge is -2.38. The van der Waals surface area contributed by atoms with E-state index in [0.717, 1.165) is 10.5 Å². The van der Waals surface area contributed by atoms with E-state index >= 15 is 0 Å². The fourth-order valence-electron chi connectivity index (χ4n) is 3.95. The van der Waals surface area contributed by atoms with Crippen LogP contribution in [0.25, 0.3) is 0 Å². The summed E-state index contributed by atoms with van der Waals surface area (Å²) in [5.41, 5.74) is 1.24. The Hall–Kier alpha value is -3.49. The smallest absolute Gasteiger partial charge is 0.344 e. The van der Waals surface area contributed by atoms with Crippen LogP contribution in [0.15, 0.2) is 46.3 Å². The first-order valence-corrected chi connectivity index (χ1v) is 9.98. The number of carbonyl (C=O) groups excluding carboxylic acids is 5. The van der Waals surface area contributed by atoms with Crippen LogP contribution in [-0.4, -0.2) is 52.7 Å². The normalized spacial score (nSPS) is 23.1. The summed E-state index contributed by atoms with van der Waals surface area (Å²) >= 11 is 0. The van der Waals surface area contributed by atoms with Crippen molar-refractivity contribution in [3.8, 4) is 0 Å². The first-order chi connectivity index (χ1) is 14.5.